The Labute approximate surface area is 528 Å². The predicted octanol–water partition coefficient (Wildman–Crippen LogP) is 24.4. The monoisotopic (exact) mass is 1170 g/mol. The Morgan fingerprint density at radius 3 is 1.13 bits per heavy atom. The van der Waals surface area contributed by atoms with Gasteiger partial charge < -0.3 is 4.57 Å². The number of benzene rings is 13. The van der Waals surface area contributed by atoms with E-state index in [0.717, 1.165) is 33.7 Å². The van der Waals surface area contributed by atoms with E-state index in [0.29, 0.717) is 11.8 Å². The van der Waals surface area contributed by atoms with E-state index in [9.17, 15) is 0 Å². The number of rotatable bonds is 11. The van der Waals surface area contributed by atoms with Crippen LogP contribution in [0.25, 0.3) is 159 Å². The minimum Gasteiger partial charge on any atom is -0.309 e. The second kappa shape index (κ2) is 21.5. The summed E-state index contributed by atoms with van der Waals surface area (Å²) in [4.78, 5) is 0. The maximum atomic E-state index is 2.48. The summed E-state index contributed by atoms with van der Waals surface area (Å²) in [7, 11) is 0. The first-order valence-electron chi connectivity index (χ1n) is 31.5. The molecule has 4 heterocycles. The molecule has 13 aromatic carbocycles. The molecule has 0 bridgehead atoms. The van der Waals surface area contributed by atoms with Crippen molar-refractivity contribution in [2.24, 2.45) is 0 Å². The van der Waals surface area contributed by atoms with Gasteiger partial charge in [-0.1, -0.05) is 210 Å². The van der Waals surface area contributed by atoms with Gasteiger partial charge in [0.05, 0.1) is 22.1 Å². The van der Waals surface area contributed by atoms with Gasteiger partial charge in [0.2, 0.25) is 0 Å². The first-order chi connectivity index (χ1) is 44.2. The van der Waals surface area contributed by atoms with Crippen molar-refractivity contribution >= 4 is 86.2 Å². The molecule has 0 spiro atoms. The number of hydrogen-bond acceptors (Lipinski definition) is 1. The number of nitrogens with zero attached hydrogens (tertiary/aromatic N) is 3. The van der Waals surface area contributed by atoms with E-state index in [1.807, 2.05) is 11.3 Å². The summed E-state index contributed by atoms with van der Waals surface area (Å²) in [6.07, 6.45) is 0. The number of hydrogen-bond donors (Lipinski definition) is 0. The second-order valence-electron chi connectivity index (χ2n) is 24.9. The van der Waals surface area contributed by atoms with E-state index < -0.39 is 0 Å². The average Bonchev–Trinajstić information content (AvgIpc) is 1.54. The summed E-state index contributed by atoms with van der Waals surface area (Å²) in [5.41, 5.74) is 26.5. The maximum absolute atomic E-state index is 2.48. The van der Waals surface area contributed by atoms with Crippen molar-refractivity contribution in [1.82, 2.24) is 13.7 Å². The van der Waals surface area contributed by atoms with Crippen LogP contribution in [0.15, 0.2) is 297 Å². The van der Waals surface area contributed by atoms with E-state index in [1.54, 1.807) is 0 Å². The van der Waals surface area contributed by atoms with Crippen LogP contribution in [0.4, 0.5) is 0 Å². The summed E-state index contributed by atoms with van der Waals surface area (Å²) < 4.78 is 10.0. The molecule has 17 rings (SSSR count). The molecule has 0 aliphatic heterocycles. The van der Waals surface area contributed by atoms with E-state index in [1.165, 1.54) is 136 Å². The Kier molecular flexibility index (Phi) is 12.8. The number of para-hydroxylation sites is 3. The molecule has 428 valence electrons. The highest BCUT2D eigenvalue weighted by atomic mass is 32.1. The van der Waals surface area contributed by atoms with Gasteiger partial charge in [-0.2, -0.15) is 0 Å². The van der Waals surface area contributed by atoms with Crippen LogP contribution in [0.3, 0.4) is 0 Å². The van der Waals surface area contributed by atoms with E-state index in [2.05, 4.69) is 339 Å². The van der Waals surface area contributed by atoms with Crippen molar-refractivity contribution in [3.05, 3.63) is 308 Å². The molecule has 0 radical (unpaired) electrons. The zero-order valence-electron chi connectivity index (χ0n) is 50.7. The molecule has 0 N–H and O–H groups in total. The predicted molar refractivity (Wildman–Crippen MR) is 386 cm³/mol. The molecule has 0 saturated heterocycles. The van der Waals surface area contributed by atoms with Crippen molar-refractivity contribution in [3.8, 4) is 83.8 Å². The van der Waals surface area contributed by atoms with Crippen LogP contribution in [-0.2, 0) is 0 Å². The SMILES string of the molecule is CC(C)c1cc(-c2cccc(-c3cccc(-c4cccc(-c5ccc6c(c5)c5ccccc5n6-c5ccc6c(c5)c5c7cc(-c8ccc9sc%10ccc(-c%11ccccc%11)cc%10c9c8)ccc7n(-c7ccccc7)c5n6-c5ccccc5)c4)c3)c2)cc(C(C)C)c1. The molecule has 0 saturated carbocycles. The molecule has 0 fully saturated rings. The molecule has 3 nitrogen and oxygen atoms in total. The van der Waals surface area contributed by atoms with E-state index in [4.69, 9.17) is 0 Å². The van der Waals surface area contributed by atoms with Gasteiger partial charge in [-0.3, -0.25) is 9.13 Å². The molecule has 0 aliphatic rings. The first kappa shape index (κ1) is 53.5. The van der Waals surface area contributed by atoms with Crippen molar-refractivity contribution in [1.29, 1.82) is 0 Å². The lowest BCUT2D eigenvalue weighted by atomic mass is 9.90. The molecule has 17 aromatic rings. The largest absolute Gasteiger partial charge is 0.309 e. The number of thiophene rings is 1. The zero-order valence-corrected chi connectivity index (χ0v) is 51.5. The summed E-state index contributed by atoms with van der Waals surface area (Å²) in [6, 6.07) is 111. The summed E-state index contributed by atoms with van der Waals surface area (Å²) in [6.45, 7) is 9.15. The quantitative estimate of drug-likeness (QED) is 0.123. The molecular weight excluding hydrogens is 1110 g/mol. The molecular formula is C86H63N3S. The van der Waals surface area contributed by atoms with Gasteiger partial charge in [0.25, 0.3) is 0 Å². The third-order valence-corrected chi connectivity index (χ3v) is 19.9. The Morgan fingerprint density at radius 2 is 0.611 bits per heavy atom. The van der Waals surface area contributed by atoms with E-state index >= 15 is 0 Å². The Hall–Kier alpha value is -10.8. The summed E-state index contributed by atoms with van der Waals surface area (Å²) in [5.74, 6) is 0.923. The zero-order chi connectivity index (χ0) is 60.1. The standard InChI is InChI=1S/C86H63N3S/c1-54(2)67-46-68(55(3)4)48-69(47-67)62-26-18-24-60(45-62)58-22-16-21-57(43-58)59-23-17-25-61(44-59)64-33-38-80-74(49-64)73-31-14-15-32-79(73)87(80)72-37-40-82-78(53-72)85-77-52-65(34-39-81(77)88(70-27-10-6-11-28-70)86(85)89(82)71-29-12-7-13-30-71)66-36-42-84-76(51-66)75-50-63(35-41-83(75)90-84)56-19-8-5-9-20-56/h5-55H,1-4H3. The highest BCUT2D eigenvalue weighted by molar-refractivity contribution is 7.25. The minimum absolute atomic E-state index is 0.461. The Balaban J connectivity index is 0.789. The fourth-order valence-electron chi connectivity index (χ4n) is 14.1. The van der Waals surface area contributed by atoms with Crippen LogP contribution in [0.1, 0.15) is 50.7 Å². The van der Waals surface area contributed by atoms with Crippen LogP contribution in [0.5, 0.6) is 0 Å². The lowest BCUT2D eigenvalue weighted by molar-refractivity contribution is 0.834. The number of aromatic nitrogens is 3. The summed E-state index contributed by atoms with van der Waals surface area (Å²) >= 11 is 1.87. The fraction of sp³-hybridized carbons (Fsp3) is 0.0698. The summed E-state index contributed by atoms with van der Waals surface area (Å²) in [5, 5.41) is 8.66. The maximum Gasteiger partial charge on any atom is 0.131 e. The van der Waals surface area contributed by atoms with Gasteiger partial charge in [-0.25, -0.2) is 0 Å². The van der Waals surface area contributed by atoms with Crippen LogP contribution >= 0.6 is 11.3 Å². The van der Waals surface area contributed by atoms with Crippen LogP contribution in [0, 0.1) is 0 Å². The first-order valence-corrected chi connectivity index (χ1v) is 32.3. The van der Waals surface area contributed by atoms with Crippen molar-refractivity contribution < 1.29 is 0 Å². The Bertz CT molecular complexity index is 5630. The topological polar surface area (TPSA) is 14.8 Å². The molecule has 90 heavy (non-hydrogen) atoms. The Morgan fingerprint density at radius 1 is 0.233 bits per heavy atom. The van der Waals surface area contributed by atoms with E-state index in [-0.39, 0.29) is 0 Å². The van der Waals surface area contributed by atoms with Gasteiger partial charge in [-0.05, 0) is 205 Å². The van der Waals surface area contributed by atoms with Crippen molar-refractivity contribution in [3.63, 3.8) is 0 Å². The minimum atomic E-state index is 0.461. The second-order valence-corrected chi connectivity index (χ2v) is 26.0. The molecule has 4 heteroatoms. The highest BCUT2D eigenvalue weighted by Gasteiger charge is 2.25. The van der Waals surface area contributed by atoms with Crippen molar-refractivity contribution in [2.45, 2.75) is 39.5 Å². The molecule has 0 amide bonds. The number of fused-ring (bicyclic) bond motifs is 11. The molecule has 0 atom stereocenters. The lowest BCUT2D eigenvalue weighted by Crippen LogP contribution is -2.01. The van der Waals surface area contributed by atoms with Gasteiger partial charge in [0.15, 0.2) is 0 Å². The third kappa shape index (κ3) is 9.00. The molecule has 0 aliphatic carbocycles. The van der Waals surface area contributed by atoms with Gasteiger partial charge in [0.1, 0.15) is 5.65 Å². The highest BCUT2D eigenvalue weighted by Crippen LogP contribution is 2.46. The fourth-order valence-corrected chi connectivity index (χ4v) is 15.2. The van der Waals surface area contributed by atoms with Gasteiger partial charge in [0, 0.05) is 64.2 Å². The van der Waals surface area contributed by atoms with Gasteiger partial charge >= 0.3 is 0 Å². The van der Waals surface area contributed by atoms with Gasteiger partial charge in [-0.15, -0.1) is 11.3 Å². The van der Waals surface area contributed by atoms with Crippen LogP contribution < -0.4 is 0 Å². The normalized spacial score (nSPS) is 12.0. The molecule has 4 aromatic heterocycles. The van der Waals surface area contributed by atoms with Crippen molar-refractivity contribution in [2.75, 3.05) is 0 Å². The lowest BCUT2D eigenvalue weighted by Gasteiger charge is -2.15. The third-order valence-electron chi connectivity index (χ3n) is 18.7. The van der Waals surface area contributed by atoms with Crippen LogP contribution in [0.2, 0.25) is 0 Å². The van der Waals surface area contributed by atoms with Crippen LogP contribution in [-0.4, -0.2) is 13.7 Å². The average molecular weight is 1170 g/mol. The molecule has 0 unspecified atom stereocenters. The smallest absolute Gasteiger partial charge is 0.131 e.